The number of nitrogens with one attached hydrogen (secondary N) is 1. The second-order valence-corrected chi connectivity index (χ2v) is 7.44. The monoisotopic (exact) mass is 444 g/mol. The summed E-state index contributed by atoms with van der Waals surface area (Å²) in [5.74, 6) is -0.666. The van der Waals surface area contributed by atoms with E-state index in [-0.39, 0.29) is 11.3 Å². The van der Waals surface area contributed by atoms with Crippen LogP contribution in [0.4, 0.5) is 13.2 Å². The lowest BCUT2D eigenvalue weighted by molar-refractivity contribution is -0.137. The van der Waals surface area contributed by atoms with Crippen LogP contribution >= 0.6 is 11.8 Å². The van der Waals surface area contributed by atoms with Crippen LogP contribution in [0.15, 0.2) is 63.4 Å². The second kappa shape index (κ2) is 8.65. The van der Waals surface area contributed by atoms with Gasteiger partial charge in [0.1, 0.15) is 16.7 Å². The molecule has 0 bridgehead atoms. The van der Waals surface area contributed by atoms with E-state index in [2.05, 4.69) is 10.3 Å². The molecule has 10 heteroatoms. The van der Waals surface area contributed by atoms with Crippen molar-refractivity contribution in [3.63, 3.8) is 0 Å². The first-order valence-electron chi connectivity index (χ1n) is 8.86. The summed E-state index contributed by atoms with van der Waals surface area (Å²) in [5.41, 5.74) is -1.19. The molecule has 3 rings (SSSR count). The summed E-state index contributed by atoms with van der Waals surface area (Å²) < 4.78 is 40.6. The van der Waals surface area contributed by atoms with Crippen LogP contribution in [0.2, 0.25) is 0 Å². The van der Waals surface area contributed by atoms with Gasteiger partial charge in [-0.15, -0.1) is 0 Å². The minimum atomic E-state index is -4.59. The molecule has 0 fully saturated rings. The summed E-state index contributed by atoms with van der Waals surface area (Å²) in [6.07, 6.45) is -3.21. The first-order chi connectivity index (χ1) is 14.7. The zero-order chi connectivity index (χ0) is 22.8. The normalized spacial score (nSPS) is 11.1. The highest BCUT2D eigenvalue weighted by Crippen LogP contribution is 2.32. The van der Waals surface area contributed by atoms with Crippen molar-refractivity contribution in [1.82, 2.24) is 14.9 Å². The maximum atomic E-state index is 13.2. The first-order valence-corrected chi connectivity index (χ1v) is 9.67. The summed E-state index contributed by atoms with van der Waals surface area (Å²) in [7, 11) is 1.35. The minimum Gasteiger partial charge on any atom is -0.355 e. The van der Waals surface area contributed by atoms with Crippen LogP contribution in [0.1, 0.15) is 27.2 Å². The molecule has 0 unspecified atom stereocenters. The van der Waals surface area contributed by atoms with Gasteiger partial charge in [0.2, 0.25) is 0 Å². The number of rotatable bonds is 4. The van der Waals surface area contributed by atoms with E-state index in [1.54, 1.807) is 19.1 Å². The lowest BCUT2D eigenvalue weighted by Crippen LogP contribution is -2.32. The van der Waals surface area contributed by atoms with E-state index in [1.807, 2.05) is 6.07 Å². The molecular weight excluding hydrogens is 429 g/mol. The van der Waals surface area contributed by atoms with Crippen molar-refractivity contribution < 1.29 is 18.0 Å². The van der Waals surface area contributed by atoms with Gasteiger partial charge < -0.3 is 5.32 Å². The van der Waals surface area contributed by atoms with Crippen molar-refractivity contribution in [1.29, 1.82) is 5.26 Å². The molecule has 0 radical (unpaired) electrons. The smallest absolute Gasteiger partial charge is 0.355 e. The van der Waals surface area contributed by atoms with Crippen LogP contribution < -0.4 is 10.9 Å². The van der Waals surface area contributed by atoms with Crippen LogP contribution in [-0.2, 0) is 6.18 Å². The molecule has 2 heterocycles. The fourth-order valence-corrected chi connectivity index (χ4v) is 3.72. The Bertz CT molecular complexity index is 1250. The first kappa shape index (κ1) is 22.1. The van der Waals surface area contributed by atoms with E-state index in [9.17, 15) is 22.8 Å². The van der Waals surface area contributed by atoms with Gasteiger partial charge in [0, 0.05) is 29.5 Å². The van der Waals surface area contributed by atoms with Gasteiger partial charge in [-0.2, -0.15) is 18.4 Å². The van der Waals surface area contributed by atoms with Gasteiger partial charge in [0.15, 0.2) is 0 Å². The minimum absolute atomic E-state index is 0.0160. The number of nitriles is 1. The average Bonchev–Trinajstić information content (AvgIpc) is 2.75. The Hall–Kier alpha value is -3.58. The molecule has 1 N–H and O–H groups in total. The summed E-state index contributed by atoms with van der Waals surface area (Å²) >= 11 is 1.12. The molecular formula is C21H15F3N4O2S. The van der Waals surface area contributed by atoms with Crippen molar-refractivity contribution in [2.45, 2.75) is 23.0 Å². The van der Waals surface area contributed by atoms with E-state index in [4.69, 9.17) is 5.26 Å². The van der Waals surface area contributed by atoms with Crippen molar-refractivity contribution in [3.05, 3.63) is 81.4 Å². The predicted octanol–water partition coefficient (Wildman–Crippen LogP) is 3.94. The predicted molar refractivity (Wildman–Crippen MR) is 108 cm³/mol. The molecule has 0 aliphatic heterocycles. The number of nitrogens with zero attached hydrogens (tertiary/aromatic N) is 3. The maximum absolute atomic E-state index is 13.2. The van der Waals surface area contributed by atoms with Gasteiger partial charge in [0.25, 0.3) is 11.5 Å². The van der Waals surface area contributed by atoms with Crippen LogP contribution in [-0.4, -0.2) is 22.5 Å². The Balaban J connectivity index is 2.21. The highest BCUT2D eigenvalue weighted by molar-refractivity contribution is 7.99. The Kier molecular flexibility index (Phi) is 6.17. The molecule has 0 aliphatic rings. The largest absolute Gasteiger partial charge is 0.416 e. The molecule has 6 nitrogen and oxygen atoms in total. The average molecular weight is 444 g/mol. The zero-order valence-corrected chi connectivity index (χ0v) is 17.1. The van der Waals surface area contributed by atoms with Crippen LogP contribution in [0.3, 0.4) is 0 Å². The fraction of sp³-hybridized carbons (Fsp3) is 0.143. The fourth-order valence-electron chi connectivity index (χ4n) is 2.83. The van der Waals surface area contributed by atoms with Crippen molar-refractivity contribution in [3.8, 4) is 11.8 Å². The van der Waals surface area contributed by atoms with Gasteiger partial charge in [-0.25, -0.2) is 4.98 Å². The highest BCUT2D eigenvalue weighted by Gasteiger charge is 2.31. The number of pyridine rings is 2. The van der Waals surface area contributed by atoms with Crippen LogP contribution in [0, 0.1) is 18.3 Å². The SMILES string of the molecule is CNC(=O)c1cc(Sc2ccc(C#N)cn2)c(C)n(-c2cccc(C(F)(F)F)c2)c1=O. The van der Waals surface area contributed by atoms with E-state index in [0.717, 1.165) is 28.5 Å². The number of amides is 1. The number of aromatic nitrogens is 2. The Morgan fingerprint density at radius 1 is 1.23 bits per heavy atom. The number of alkyl halides is 3. The Morgan fingerprint density at radius 3 is 2.55 bits per heavy atom. The van der Waals surface area contributed by atoms with E-state index in [0.29, 0.717) is 21.2 Å². The second-order valence-electron chi connectivity index (χ2n) is 6.37. The zero-order valence-electron chi connectivity index (χ0n) is 16.3. The van der Waals surface area contributed by atoms with Gasteiger partial charge >= 0.3 is 6.18 Å². The number of benzene rings is 1. The quantitative estimate of drug-likeness (QED) is 0.659. The topological polar surface area (TPSA) is 87.8 Å². The Morgan fingerprint density at radius 2 is 1.97 bits per heavy atom. The molecule has 0 saturated carbocycles. The molecule has 0 saturated heterocycles. The van der Waals surface area contributed by atoms with Crippen molar-refractivity contribution in [2.24, 2.45) is 0 Å². The molecule has 2 aromatic heterocycles. The molecule has 0 atom stereocenters. The third-order valence-corrected chi connectivity index (χ3v) is 5.47. The van der Waals surface area contributed by atoms with Crippen molar-refractivity contribution >= 4 is 17.7 Å². The number of hydrogen-bond donors (Lipinski definition) is 1. The lowest BCUT2D eigenvalue weighted by atomic mass is 10.1. The molecule has 1 amide bonds. The molecule has 3 aromatic rings. The van der Waals surface area contributed by atoms with E-state index in [1.165, 1.54) is 31.4 Å². The van der Waals surface area contributed by atoms with Crippen LogP contribution in [0.5, 0.6) is 0 Å². The van der Waals surface area contributed by atoms with Gasteiger partial charge in [-0.3, -0.25) is 14.2 Å². The highest BCUT2D eigenvalue weighted by atomic mass is 32.2. The molecule has 1 aromatic carbocycles. The number of carbonyl (C=O) groups is 1. The molecule has 0 aliphatic carbocycles. The van der Waals surface area contributed by atoms with E-state index >= 15 is 0 Å². The van der Waals surface area contributed by atoms with Gasteiger partial charge in [-0.05, 0) is 43.3 Å². The third-order valence-electron chi connectivity index (χ3n) is 4.38. The molecule has 158 valence electrons. The van der Waals surface area contributed by atoms with Crippen molar-refractivity contribution in [2.75, 3.05) is 7.05 Å². The molecule has 0 spiro atoms. The summed E-state index contributed by atoms with van der Waals surface area (Å²) in [6.45, 7) is 1.57. The van der Waals surface area contributed by atoms with E-state index < -0.39 is 23.2 Å². The Labute approximate surface area is 179 Å². The standard InChI is InChI=1S/C21H15F3N4O2S/c1-12-17(31-18-7-6-13(10-25)11-27-18)9-16(19(29)26-2)20(30)28(12)15-5-3-4-14(8-15)21(22,23)24/h3-9,11H,1-2H3,(H,26,29). The summed E-state index contributed by atoms with van der Waals surface area (Å²) in [6, 6.07) is 10.8. The number of hydrogen-bond acceptors (Lipinski definition) is 5. The lowest BCUT2D eigenvalue weighted by Gasteiger charge is -2.17. The number of halogens is 3. The van der Waals surface area contributed by atoms with Crippen LogP contribution in [0.25, 0.3) is 5.69 Å². The summed E-state index contributed by atoms with van der Waals surface area (Å²) in [5, 5.41) is 11.8. The molecule has 31 heavy (non-hydrogen) atoms. The third kappa shape index (κ3) is 4.62. The summed E-state index contributed by atoms with van der Waals surface area (Å²) in [4.78, 5) is 29.9. The van der Waals surface area contributed by atoms with Gasteiger partial charge in [-0.1, -0.05) is 17.8 Å². The van der Waals surface area contributed by atoms with Gasteiger partial charge in [0.05, 0.1) is 11.1 Å². The maximum Gasteiger partial charge on any atom is 0.416 e. The number of carbonyl (C=O) groups excluding carboxylic acids is 1.